The first kappa shape index (κ1) is 24.0. The van der Waals surface area contributed by atoms with Gasteiger partial charge in [-0.1, -0.05) is 37.3 Å². The lowest BCUT2D eigenvalue weighted by Gasteiger charge is -2.16. The summed E-state index contributed by atoms with van der Waals surface area (Å²) in [6.45, 7) is 3.69. The first-order chi connectivity index (χ1) is 16.8. The number of nitrogens with one attached hydrogen (secondary N) is 2. The van der Waals surface area contributed by atoms with Crippen LogP contribution in [-0.2, 0) is 16.4 Å². The first-order valence-electron chi connectivity index (χ1n) is 10.8. The zero-order valence-corrected chi connectivity index (χ0v) is 20.2. The van der Waals surface area contributed by atoms with Gasteiger partial charge in [0.15, 0.2) is 5.76 Å². The standard InChI is InChI=1S/C25H24N4O5S/c1-4-19-23(16(2)12-13-26-19)29-35(31,32)22-14-18(10-11-20(22)33-3)28-24(30)25-27-15-21(34-25)17-8-6-5-7-9-17/h5-15,29H,4H2,1-3H3,(H,28,30). The number of anilines is 2. The van der Waals surface area contributed by atoms with Gasteiger partial charge in [-0.15, -0.1) is 0 Å². The highest BCUT2D eigenvalue weighted by atomic mass is 32.2. The lowest BCUT2D eigenvalue weighted by Crippen LogP contribution is -2.18. The predicted molar refractivity (Wildman–Crippen MR) is 132 cm³/mol. The Bertz CT molecular complexity index is 1470. The van der Waals surface area contributed by atoms with E-state index in [1.165, 1.54) is 31.5 Å². The maximum Gasteiger partial charge on any atom is 0.311 e. The van der Waals surface area contributed by atoms with Gasteiger partial charge in [-0.05, 0) is 43.2 Å². The molecule has 0 unspecified atom stereocenters. The maximum atomic E-state index is 13.3. The highest BCUT2D eigenvalue weighted by molar-refractivity contribution is 7.92. The molecule has 0 saturated carbocycles. The number of sulfonamides is 1. The fourth-order valence-electron chi connectivity index (χ4n) is 3.48. The molecule has 35 heavy (non-hydrogen) atoms. The molecular formula is C25H24N4O5S. The van der Waals surface area contributed by atoms with Crippen LogP contribution in [-0.4, -0.2) is 31.4 Å². The van der Waals surface area contributed by atoms with Crippen molar-refractivity contribution in [3.8, 4) is 17.1 Å². The summed E-state index contributed by atoms with van der Waals surface area (Å²) in [4.78, 5) is 20.9. The van der Waals surface area contributed by atoms with Gasteiger partial charge in [-0.2, -0.15) is 0 Å². The van der Waals surface area contributed by atoms with E-state index in [9.17, 15) is 13.2 Å². The van der Waals surface area contributed by atoms with Gasteiger partial charge in [0.2, 0.25) is 0 Å². The second kappa shape index (κ2) is 9.98. The number of aryl methyl sites for hydroxylation is 2. The summed E-state index contributed by atoms with van der Waals surface area (Å²) >= 11 is 0. The van der Waals surface area contributed by atoms with Crippen LogP contribution in [0.4, 0.5) is 11.4 Å². The normalized spacial score (nSPS) is 11.2. The van der Waals surface area contributed by atoms with Gasteiger partial charge in [-0.3, -0.25) is 14.5 Å². The molecule has 0 atom stereocenters. The molecule has 0 aliphatic carbocycles. The second-order valence-electron chi connectivity index (χ2n) is 7.62. The molecule has 2 heterocycles. The molecule has 180 valence electrons. The van der Waals surface area contributed by atoms with Gasteiger partial charge in [0, 0.05) is 17.4 Å². The van der Waals surface area contributed by atoms with Crippen LogP contribution in [0, 0.1) is 6.92 Å². The minimum atomic E-state index is -4.07. The summed E-state index contributed by atoms with van der Waals surface area (Å²) in [5.74, 6) is -0.208. The molecule has 4 aromatic rings. The summed E-state index contributed by atoms with van der Waals surface area (Å²) in [6.07, 6.45) is 3.64. The largest absolute Gasteiger partial charge is 0.495 e. The van der Waals surface area contributed by atoms with Crippen molar-refractivity contribution in [3.05, 3.63) is 84.1 Å². The van der Waals surface area contributed by atoms with Gasteiger partial charge in [-0.25, -0.2) is 13.4 Å². The van der Waals surface area contributed by atoms with Crippen molar-refractivity contribution in [2.24, 2.45) is 0 Å². The number of benzene rings is 2. The number of nitrogens with zero attached hydrogens (tertiary/aromatic N) is 2. The average Bonchev–Trinajstić information content (AvgIpc) is 3.36. The van der Waals surface area contributed by atoms with Crippen molar-refractivity contribution in [2.75, 3.05) is 17.1 Å². The van der Waals surface area contributed by atoms with E-state index < -0.39 is 15.9 Å². The van der Waals surface area contributed by atoms with E-state index in [0.29, 0.717) is 23.6 Å². The molecule has 0 aliphatic heterocycles. The summed E-state index contributed by atoms with van der Waals surface area (Å²) in [7, 11) is -2.70. The van der Waals surface area contributed by atoms with E-state index in [1.807, 2.05) is 37.3 Å². The molecule has 2 N–H and O–H groups in total. The molecule has 0 bridgehead atoms. The van der Waals surface area contributed by atoms with Crippen LogP contribution in [0.3, 0.4) is 0 Å². The number of hydrogen-bond acceptors (Lipinski definition) is 7. The third kappa shape index (κ3) is 5.17. The summed E-state index contributed by atoms with van der Waals surface area (Å²) in [5.41, 5.74) is 2.78. The lowest BCUT2D eigenvalue weighted by molar-refractivity contribution is 0.0991. The SMILES string of the molecule is CCc1nccc(C)c1NS(=O)(=O)c1cc(NC(=O)c2ncc(-c3ccccc3)o2)ccc1OC. The van der Waals surface area contributed by atoms with Gasteiger partial charge < -0.3 is 14.5 Å². The molecular weight excluding hydrogens is 468 g/mol. The van der Waals surface area contributed by atoms with Gasteiger partial charge in [0.1, 0.15) is 10.6 Å². The van der Waals surface area contributed by atoms with E-state index in [1.54, 1.807) is 19.2 Å². The third-order valence-corrected chi connectivity index (χ3v) is 6.65. The van der Waals surface area contributed by atoms with Crippen molar-refractivity contribution < 1.29 is 22.4 Å². The molecule has 0 radical (unpaired) electrons. The number of amides is 1. The molecule has 2 aromatic heterocycles. The highest BCUT2D eigenvalue weighted by Crippen LogP contribution is 2.31. The Morgan fingerprint density at radius 2 is 1.86 bits per heavy atom. The first-order valence-corrected chi connectivity index (χ1v) is 12.3. The monoisotopic (exact) mass is 492 g/mol. The average molecular weight is 493 g/mol. The van der Waals surface area contributed by atoms with Crippen LogP contribution >= 0.6 is 0 Å². The molecule has 0 fully saturated rings. The molecule has 0 saturated heterocycles. The number of carbonyl (C=O) groups is 1. The Kier molecular flexibility index (Phi) is 6.83. The highest BCUT2D eigenvalue weighted by Gasteiger charge is 2.24. The number of hydrogen-bond donors (Lipinski definition) is 2. The number of carbonyl (C=O) groups excluding carboxylic acids is 1. The quantitative estimate of drug-likeness (QED) is 0.366. The summed E-state index contributed by atoms with van der Waals surface area (Å²) < 4.78 is 40.1. The molecule has 10 heteroatoms. The van der Waals surface area contributed by atoms with Crippen LogP contribution in [0.15, 0.2) is 76.3 Å². The summed E-state index contributed by atoms with van der Waals surface area (Å²) in [5, 5.41) is 2.63. The second-order valence-corrected chi connectivity index (χ2v) is 9.27. The van der Waals surface area contributed by atoms with Crippen molar-refractivity contribution in [2.45, 2.75) is 25.2 Å². The predicted octanol–water partition coefficient (Wildman–Crippen LogP) is 4.67. The molecule has 4 rings (SSSR count). The molecule has 0 spiro atoms. The van der Waals surface area contributed by atoms with Gasteiger partial charge >= 0.3 is 5.91 Å². The van der Waals surface area contributed by atoms with Crippen LogP contribution in [0.2, 0.25) is 0 Å². The van der Waals surface area contributed by atoms with E-state index in [2.05, 4.69) is 20.0 Å². The maximum absolute atomic E-state index is 13.3. The van der Waals surface area contributed by atoms with Crippen LogP contribution in [0.25, 0.3) is 11.3 Å². The molecule has 0 aliphatic rings. The number of oxazole rings is 1. The fraction of sp³-hybridized carbons (Fsp3) is 0.160. The lowest BCUT2D eigenvalue weighted by atomic mass is 10.2. The smallest absolute Gasteiger partial charge is 0.311 e. The molecule has 2 aromatic carbocycles. The number of aromatic nitrogens is 2. The van der Waals surface area contributed by atoms with Crippen LogP contribution in [0.5, 0.6) is 5.75 Å². The Morgan fingerprint density at radius 3 is 2.57 bits per heavy atom. The van der Waals surface area contributed by atoms with E-state index >= 15 is 0 Å². The number of rotatable bonds is 8. The van der Waals surface area contributed by atoms with Crippen LogP contribution < -0.4 is 14.8 Å². The Balaban J connectivity index is 1.61. The fourth-order valence-corrected chi connectivity index (χ4v) is 4.83. The third-order valence-electron chi connectivity index (χ3n) is 5.28. The number of ether oxygens (including phenoxy) is 1. The summed E-state index contributed by atoms with van der Waals surface area (Å²) in [6, 6.07) is 15.3. The van der Waals surface area contributed by atoms with Crippen LogP contribution in [0.1, 0.15) is 28.9 Å². The number of methoxy groups -OCH3 is 1. The topological polar surface area (TPSA) is 123 Å². The van der Waals surface area contributed by atoms with E-state index in [0.717, 1.165) is 11.1 Å². The van der Waals surface area contributed by atoms with E-state index in [4.69, 9.17) is 9.15 Å². The van der Waals surface area contributed by atoms with Crippen molar-refractivity contribution in [1.29, 1.82) is 0 Å². The van der Waals surface area contributed by atoms with Crippen molar-refractivity contribution in [3.63, 3.8) is 0 Å². The molecule has 1 amide bonds. The van der Waals surface area contributed by atoms with Crippen molar-refractivity contribution >= 4 is 27.3 Å². The Hall–Kier alpha value is -4.18. The Morgan fingerprint density at radius 1 is 1.09 bits per heavy atom. The van der Waals surface area contributed by atoms with Crippen molar-refractivity contribution in [1.82, 2.24) is 9.97 Å². The Labute approximate surface area is 203 Å². The zero-order valence-electron chi connectivity index (χ0n) is 19.4. The minimum Gasteiger partial charge on any atom is -0.495 e. The molecule has 9 nitrogen and oxygen atoms in total. The zero-order chi connectivity index (χ0) is 25.0. The van der Waals surface area contributed by atoms with Gasteiger partial charge in [0.25, 0.3) is 15.9 Å². The number of pyridine rings is 1. The minimum absolute atomic E-state index is 0.123. The van der Waals surface area contributed by atoms with Gasteiger partial charge in [0.05, 0.1) is 24.7 Å². The van der Waals surface area contributed by atoms with E-state index in [-0.39, 0.29) is 22.2 Å².